The van der Waals surface area contributed by atoms with Gasteiger partial charge in [-0.25, -0.2) is 0 Å². The fourth-order valence-corrected chi connectivity index (χ4v) is 3.83. The number of thiol groups is 2. The number of rotatable bonds is 4. The fourth-order valence-electron chi connectivity index (χ4n) is 1.81. The molecule has 4 N–H and O–H groups in total. The van der Waals surface area contributed by atoms with Crippen molar-refractivity contribution in [3.05, 3.63) is 60.7 Å². The summed E-state index contributed by atoms with van der Waals surface area (Å²) in [5.74, 6) is 0. The molecule has 0 fully saturated rings. The lowest BCUT2D eigenvalue weighted by molar-refractivity contribution is 0.266. The quantitative estimate of drug-likeness (QED) is 0.305. The first-order chi connectivity index (χ1) is 14.3. The molecule has 0 aliphatic rings. The van der Waals surface area contributed by atoms with E-state index in [4.69, 9.17) is 14.8 Å². The lowest BCUT2D eigenvalue weighted by Crippen LogP contribution is -2.32. The van der Waals surface area contributed by atoms with Gasteiger partial charge in [0.05, 0.1) is 11.4 Å². The molecule has 2 amide bonds. The normalized spacial score (nSPS) is 10.5. The molecule has 0 saturated heterocycles. The van der Waals surface area contributed by atoms with Gasteiger partial charge in [0.1, 0.15) is 0 Å². The molecule has 2 rings (SSSR count). The topological polar surface area (TPSA) is 175 Å². The van der Waals surface area contributed by atoms with Crippen molar-refractivity contribution in [2.45, 2.75) is 6.92 Å². The number of nitrogens with two attached hydrogens (primary N) is 1. The van der Waals surface area contributed by atoms with Crippen LogP contribution in [0.25, 0.3) is 0 Å². The molecule has 11 nitrogen and oxygen atoms in total. The molecule has 0 atom stereocenters. The van der Waals surface area contributed by atoms with Crippen molar-refractivity contribution in [1.29, 1.82) is 0 Å². The molecule has 0 unspecified atom stereocenters. The summed E-state index contributed by atoms with van der Waals surface area (Å²) < 4.78 is 61.0. The maximum absolute atomic E-state index is 10.8. The Hall–Kier alpha value is -2.14. The Balaban J connectivity index is 0.000000516. The number of hydrogen-bond donors (Lipinski definition) is 5. The van der Waals surface area contributed by atoms with E-state index in [1.54, 1.807) is 12.1 Å². The van der Waals surface area contributed by atoms with E-state index in [2.05, 4.69) is 25.3 Å². The van der Waals surface area contributed by atoms with Gasteiger partial charge >= 0.3 is 20.6 Å². The second-order valence-electron chi connectivity index (χ2n) is 5.13. The number of carbonyl (C=O) groups excluding carboxylic acids is 2. The molecule has 2 aromatic carbocycles. The van der Waals surface area contributed by atoms with Gasteiger partial charge in [0, 0.05) is 0 Å². The van der Waals surface area contributed by atoms with Crippen LogP contribution in [0.3, 0.4) is 0 Å². The van der Waals surface area contributed by atoms with Crippen molar-refractivity contribution in [1.82, 2.24) is 0 Å². The van der Waals surface area contributed by atoms with Crippen LogP contribution in [0.2, 0.25) is 0 Å². The summed E-state index contributed by atoms with van der Waals surface area (Å²) in [5.41, 5.74) is 4.92. The highest BCUT2D eigenvalue weighted by Crippen LogP contribution is 2.19. The van der Waals surface area contributed by atoms with Crippen LogP contribution >= 0.6 is 25.3 Å². The maximum Gasteiger partial charge on any atom is 0.367 e. The number of nitrogens with zero attached hydrogens (tertiary/aromatic N) is 2. The van der Waals surface area contributed by atoms with Gasteiger partial charge in [-0.05, 0) is 30.8 Å². The summed E-state index contributed by atoms with van der Waals surface area (Å²) in [6.45, 7) is 2.65. The highest BCUT2D eigenvalue weighted by atomic mass is 32.2. The predicted octanol–water partition coefficient (Wildman–Crippen LogP) is 2.66. The molecule has 0 aromatic heterocycles. The Morgan fingerprint density at radius 2 is 1.00 bits per heavy atom. The van der Waals surface area contributed by atoms with Crippen molar-refractivity contribution < 1.29 is 35.5 Å². The zero-order valence-electron chi connectivity index (χ0n) is 16.0. The van der Waals surface area contributed by atoms with Crippen molar-refractivity contribution in [3.8, 4) is 0 Å². The number of para-hydroxylation sites is 2. The minimum atomic E-state index is -4.61. The van der Waals surface area contributed by atoms with E-state index >= 15 is 0 Å². The maximum atomic E-state index is 10.8. The van der Waals surface area contributed by atoms with Crippen LogP contribution in [-0.2, 0) is 20.6 Å². The van der Waals surface area contributed by atoms with Gasteiger partial charge in [-0.15, -0.1) is 0 Å². The first-order valence-electron chi connectivity index (χ1n) is 8.08. The molecule has 0 spiro atoms. The van der Waals surface area contributed by atoms with Gasteiger partial charge in [-0.3, -0.25) is 18.7 Å². The minimum Gasteiger partial charge on any atom is -0.331 e. The average Bonchev–Trinajstić information content (AvgIpc) is 2.61. The van der Waals surface area contributed by atoms with Crippen LogP contribution in [0, 0.1) is 0 Å². The third-order valence-corrected chi connectivity index (χ3v) is 5.14. The Labute approximate surface area is 191 Å². The molecule has 0 heterocycles. The minimum absolute atomic E-state index is 0.0370. The first-order valence-corrected chi connectivity index (χ1v) is 11.8. The monoisotopic (exact) mass is 511 g/mol. The first kappa shape index (κ1) is 28.9. The van der Waals surface area contributed by atoms with E-state index in [0.717, 1.165) is 6.54 Å². The Morgan fingerprint density at radius 1 is 0.774 bits per heavy atom. The SMILES string of the molecule is CCN.O=C(S)N(c1ccccc1)S(=O)(=O)O.O=C(S)N(c1ccccc1)S(=O)(=O)O. The van der Waals surface area contributed by atoms with E-state index < -0.39 is 31.1 Å². The van der Waals surface area contributed by atoms with Crippen molar-refractivity contribution in [2.24, 2.45) is 5.73 Å². The molecule has 15 heteroatoms. The molecular weight excluding hydrogens is 490 g/mol. The predicted molar refractivity (Wildman–Crippen MR) is 124 cm³/mol. The lowest BCUT2D eigenvalue weighted by atomic mass is 10.3. The Bertz CT molecular complexity index is 963. The highest BCUT2D eigenvalue weighted by Gasteiger charge is 2.25. The molecule has 2 aromatic rings. The van der Waals surface area contributed by atoms with Crippen molar-refractivity contribution in [3.63, 3.8) is 0 Å². The van der Waals surface area contributed by atoms with Gasteiger partial charge < -0.3 is 5.73 Å². The van der Waals surface area contributed by atoms with Crippen molar-refractivity contribution in [2.75, 3.05) is 15.2 Å². The van der Waals surface area contributed by atoms with Gasteiger partial charge in [0.2, 0.25) is 0 Å². The van der Waals surface area contributed by atoms with E-state index in [9.17, 15) is 26.4 Å². The standard InChI is InChI=1S/2C7H7NO4S2.C2H7N/c2*9-7(13)8(14(10,11)12)6-4-2-1-3-5-6;1-2-3/h2*1-5H,(H,9,13)(H,10,11,12);2-3H2,1H3. The largest absolute Gasteiger partial charge is 0.367 e. The highest BCUT2D eigenvalue weighted by molar-refractivity contribution is 8.01. The summed E-state index contributed by atoms with van der Waals surface area (Å²) in [5, 5.41) is -2.14. The van der Waals surface area contributed by atoms with Crippen LogP contribution in [0.5, 0.6) is 0 Å². The number of carbonyl (C=O) groups is 2. The third kappa shape index (κ3) is 10.6. The fraction of sp³-hybridized carbons (Fsp3) is 0.125. The summed E-state index contributed by atoms with van der Waals surface area (Å²) in [4.78, 5) is 21.7. The molecule has 172 valence electrons. The molecule has 0 bridgehead atoms. The summed E-state index contributed by atoms with van der Waals surface area (Å²) in [7, 11) is -9.22. The van der Waals surface area contributed by atoms with Gasteiger partial charge in [-0.2, -0.15) is 25.4 Å². The molecule has 0 saturated carbocycles. The second-order valence-corrected chi connectivity index (χ2v) is 8.42. The van der Waals surface area contributed by atoms with Crippen LogP contribution < -0.4 is 14.3 Å². The average molecular weight is 512 g/mol. The molecule has 0 radical (unpaired) electrons. The van der Waals surface area contributed by atoms with Gasteiger partial charge in [-0.1, -0.05) is 68.6 Å². The van der Waals surface area contributed by atoms with Crippen LogP contribution in [-0.4, -0.2) is 43.0 Å². The van der Waals surface area contributed by atoms with Crippen LogP contribution in [0.1, 0.15) is 6.92 Å². The van der Waals surface area contributed by atoms with Gasteiger partial charge in [0.25, 0.3) is 10.5 Å². The molecule has 0 aliphatic heterocycles. The van der Waals surface area contributed by atoms with Gasteiger partial charge in [0.15, 0.2) is 0 Å². The van der Waals surface area contributed by atoms with Crippen molar-refractivity contribution >= 4 is 67.7 Å². The zero-order chi connectivity index (χ0) is 24.2. The smallest absolute Gasteiger partial charge is 0.331 e. The zero-order valence-corrected chi connectivity index (χ0v) is 19.4. The third-order valence-electron chi connectivity index (χ3n) is 2.79. The number of hydrogen-bond acceptors (Lipinski definition) is 7. The lowest BCUT2D eigenvalue weighted by Gasteiger charge is -2.15. The number of anilines is 2. The van der Waals surface area contributed by atoms with E-state index in [1.165, 1.54) is 48.5 Å². The number of benzene rings is 2. The number of amides is 2. The summed E-state index contributed by atoms with van der Waals surface area (Å²) in [6, 6.07) is 14.9. The molecule has 31 heavy (non-hydrogen) atoms. The second kappa shape index (κ2) is 13.3. The van der Waals surface area contributed by atoms with E-state index in [-0.39, 0.29) is 20.0 Å². The van der Waals surface area contributed by atoms with E-state index in [0.29, 0.717) is 0 Å². The Morgan fingerprint density at radius 3 is 1.16 bits per heavy atom. The van der Waals surface area contributed by atoms with Crippen LogP contribution in [0.4, 0.5) is 21.0 Å². The van der Waals surface area contributed by atoms with E-state index in [1.807, 2.05) is 6.92 Å². The molecule has 0 aliphatic carbocycles. The summed E-state index contributed by atoms with van der Waals surface area (Å²) in [6.07, 6.45) is 0. The Kier molecular flexibility index (Phi) is 12.4. The summed E-state index contributed by atoms with van der Waals surface area (Å²) >= 11 is 6.69. The van der Waals surface area contributed by atoms with Crippen LogP contribution in [0.15, 0.2) is 60.7 Å². The molecular formula is C16H21N3O8S4.